The lowest BCUT2D eigenvalue weighted by Crippen LogP contribution is -2.55. The van der Waals surface area contributed by atoms with Crippen molar-refractivity contribution in [2.75, 3.05) is 0 Å². The Bertz CT molecular complexity index is 516. The third-order valence-corrected chi connectivity index (χ3v) is 8.31. The predicted octanol–water partition coefficient (Wildman–Crippen LogP) is 8.00. The minimum atomic E-state index is -2.30. The Hall–Kier alpha value is 1.83. The molecule has 22 heavy (non-hydrogen) atoms. The summed E-state index contributed by atoms with van der Waals surface area (Å²) < 4.78 is -8.73. The third kappa shape index (κ3) is 3.97. The molecule has 0 aliphatic rings. The molecule has 0 heterocycles. The average molecular weight is 485 g/mol. The smallest absolute Gasteiger partial charge is 0.0943 e. The Morgan fingerprint density at radius 3 is 1.77 bits per heavy atom. The van der Waals surface area contributed by atoms with Crippen LogP contribution in [0.3, 0.4) is 0 Å². The van der Waals surface area contributed by atoms with Gasteiger partial charge in [0.2, 0.25) is 8.13 Å². The van der Waals surface area contributed by atoms with Crippen molar-refractivity contribution in [1.29, 1.82) is 0 Å². The average Bonchev–Trinajstić information content (AvgIpc) is 2.37. The van der Waals surface area contributed by atoms with Crippen molar-refractivity contribution in [3.8, 4) is 0 Å². The molecule has 0 unspecified atom stereocenters. The van der Waals surface area contributed by atoms with E-state index in [2.05, 4.69) is 0 Å². The van der Waals surface area contributed by atoms with Crippen LogP contribution in [0.15, 0.2) is 24.3 Å². The van der Waals surface area contributed by atoms with Crippen molar-refractivity contribution in [1.82, 2.24) is 0 Å². The number of rotatable bonds is 5. The fourth-order valence-electron chi connectivity index (χ4n) is 1.73. The third-order valence-electron chi connectivity index (χ3n) is 2.87. The van der Waals surface area contributed by atoms with Crippen LogP contribution in [-0.2, 0) is 4.33 Å². The largest absolute Gasteiger partial charge is 0.226 e. The van der Waals surface area contributed by atoms with E-state index in [1.54, 1.807) is 18.2 Å². The topological polar surface area (TPSA) is 0 Å². The fraction of sp³-hybridized carbons (Fsp3) is 0.462. The lowest BCUT2D eigenvalue weighted by molar-refractivity contribution is 0.598. The van der Waals surface area contributed by atoms with Gasteiger partial charge < -0.3 is 0 Å². The van der Waals surface area contributed by atoms with Crippen LogP contribution in [0.1, 0.15) is 24.5 Å². The molecular weight excluding hydrogens is 475 g/mol. The van der Waals surface area contributed by atoms with E-state index in [4.69, 9.17) is 104 Å². The van der Waals surface area contributed by atoms with Gasteiger partial charge in [-0.15, -0.1) is 0 Å². The van der Waals surface area contributed by atoms with Gasteiger partial charge in [0.25, 0.3) is 0 Å². The Balaban J connectivity index is 3.46. The van der Waals surface area contributed by atoms with Gasteiger partial charge in [0, 0.05) is 0 Å². The van der Waals surface area contributed by atoms with Gasteiger partial charge in [0.1, 0.15) is 0 Å². The minimum Gasteiger partial charge on any atom is -0.0943 e. The van der Waals surface area contributed by atoms with E-state index in [0.29, 0.717) is 11.1 Å². The van der Waals surface area contributed by atoms with Crippen molar-refractivity contribution in [2.45, 2.75) is 30.1 Å². The zero-order valence-electron chi connectivity index (χ0n) is 11.0. The van der Waals surface area contributed by atoms with Crippen molar-refractivity contribution in [2.24, 2.45) is 0 Å². The zero-order chi connectivity index (χ0) is 17.4. The SMILES string of the molecule is CC[CH]c1ccccc1C(Cl)(Cl)C(Cl)(Cl)C(Cl)(Cl)C(Cl)(Cl)Cl. The number of halogens is 9. The molecule has 1 rings (SSSR count). The maximum absolute atomic E-state index is 6.42. The second-order valence-corrected chi connectivity index (χ2v) is 10.7. The molecule has 0 saturated heterocycles. The zero-order valence-corrected chi connectivity index (χ0v) is 17.8. The van der Waals surface area contributed by atoms with Gasteiger partial charge in [0.05, 0.1) is 0 Å². The van der Waals surface area contributed by atoms with Crippen LogP contribution >= 0.6 is 104 Å². The monoisotopic (exact) mass is 481 g/mol. The first-order valence-electron chi connectivity index (χ1n) is 5.93. The molecule has 0 N–H and O–H groups in total. The number of hydrogen-bond acceptors (Lipinski definition) is 0. The first-order chi connectivity index (χ1) is 9.80. The quantitative estimate of drug-likeness (QED) is 0.371. The second-order valence-electron chi connectivity index (χ2n) is 4.42. The molecule has 0 aromatic heterocycles. The number of benzene rings is 1. The standard InChI is InChI=1S/C13H10Cl9/c1-2-5-8-6-3-4-7-9(8)10(14,15)11(16,17)12(18,19)13(20,21)22/h3-7H,2H2,1H3. The van der Waals surface area contributed by atoms with Gasteiger partial charge in [-0.3, -0.25) is 0 Å². The van der Waals surface area contributed by atoms with E-state index >= 15 is 0 Å². The lowest BCUT2D eigenvalue weighted by atomic mass is 9.97. The van der Waals surface area contributed by atoms with E-state index < -0.39 is 16.8 Å². The van der Waals surface area contributed by atoms with Crippen molar-refractivity contribution in [3.05, 3.63) is 41.8 Å². The molecule has 125 valence electrons. The fourth-order valence-corrected chi connectivity index (χ4v) is 4.03. The Kier molecular flexibility index (Phi) is 7.56. The summed E-state index contributed by atoms with van der Waals surface area (Å²) in [5.74, 6) is 0. The van der Waals surface area contributed by atoms with Crippen LogP contribution in [0.5, 0.6) is 0 Å². The summed E-state index contributed by atoms with van der Waals surface area (Å²) in [5.41, 5.74) is 1.11. The summed E-state index contributed by atoms with van der Waals surface area (Å²) in [5, 5.41) is 0. The van der Waals surface area contributed by atoms with Crippen LogP contribution in [0, 0.1) is 6.42 Å². The van der Waals surface area contributed by atoms with Gasteiger partial charge in [-0.05, 0) is 24.0 Å². The van der Waals surface area contributed by atoms with Crippen molar-refractivity contribution >= 4 is 104 Å². The van der Waals surface area contributed by atoms with Crippen LogP contribution in [-0.4, -0.2) is 12.5 Å². The summed E-state index contributed by atoms with van der Waals surface area (Å²) in [6.45, 7) is 1.95. The molecule has 9 heteroatoms. The summed E-state index contributed by atoms with van der Waals surface area (Å²) >= 11 is 54.9. The summed E-state index contributed by atoms with van der Waals surface area (Å²) in [6.07, 6.45) is 2.62. The van der Waals surface area contributed by atoms with Gasteiger partial charge in [-0.25, -0.2) is 0 Å². The maximum atomic E-state index is 6.42. The summed E-state index contributed by atoms with van der Waals surface area (Å²) in [6, 6.07) is 6.96. The van der Waals surface area contributed by atoms with Gasteiger partial charge in [-0.2, -0.15) is 0 Å². The molecule has 1 aromatic rings. The van der Waals surface area contributed by atoms with Crippen molar-refractivity contribution < 1.29 is 0 Å². The first kappa shape index (κ1) is 21.9. The van der Waals surface area contributed by atoms with E-state index in [0.717, 1.165) is 6.42 Å². The molecule has 0 fully saturated rings. The summed E-state index contributed by atoms with van der Waals surface area (Å²) in [7, 11) is 0. The normalized spacial score (nSPS) is 14.3. The Morgan fingerprint density at radius 2 is 1.32 bits per heavy atom. The van der Waals surface area contributed by atoms with Crippen LogP contribution < -0.4 is 0 Å². The highest BCUT2D eigenvalue weighted by Crippen LogP contribution is 2.65. The van der Waals surface area contributed by atoms with Gasteiger partial charge >= 0.3 is 0 Å². The minimum absolute atomic E-state index is 0.394. The molecule has 1 aromatic carbocycles. The molecule has 0 nitrogen and oxygen atoms in total. The molecule has 0 bridgehead atoms. The highest BCUT2D eigenvalue weighted by atomic mass is 35.6. The molecule has 0 spiro atoms. The van der Waals surface area contributed by atoms with E-state index in [9.17, 15) is 0 Å². The molecule has 0 atom stereocenters. The number of alkyl halides is 9. The highest BCUT2D eigenvalue weighted by Gasteiger charge is 2.68. The van der Waals surface area contributed by atoms with Gasteiger partial charge in [-0.1, -0.05) is 136 Å². The molecular formula is C13H10Cl9. The number of hydrogen-bond donors (Lipinski definition) is 0. The molecule has 0 saturated carbocycles. The Labute approximate surface area is 175 Å². The maximum Gasteiger partial charge on any atom is 0.226 e. The first-order valence-corrected chi connectivity index (χ1v) is 9.33. The molecule has 0 aliphatic carbocycles. The van der Waals surface area contributed by atoms with E-state index in [1.807, 2.05) is 19.4 Å². The molecule has 0 aliphatic heterocycles. The molecule has 1 radical (unpaired) electrons. The summed E-state index contributed by atoms with van der Waals surface area (Å²) in [4.78, 5) is 0. The Morgan fingerprint density at radius 1 is 0.818 bits per heavy atom. The van der Waals surface area contributed by atoms with E-state index in [1.165, 1.54) is 0 Å². The van der Waals surface area contributed by atoms with Crippen LogP contribution in [0.25, 0.3) is 0 Å². The predicted molar refractivity (Wildman–Crippen MR) is 103 cm³/mol. The van der Waals surface area contributed by atoms with Crippen LogP contribution in [0.4, 0.5) is 0 Å². The molecule has 0 amide bonds. The lowest BCUT2D eigenvalue weighted by Gasteiger charge is -2.44. The second kappa shape index (κ2) is 7.60. The van der Waals surface area contributed by atoms with Crippen molar-refractivity contribution in [3.63, 3.8) is 0 Å². The van der Waals surface area contributed by atoms with Gasteiger partial charge in [0.15, 0.2) is 8.67 Å². The van der Waals surface area contributed by atoms with Crippen LogP contribution in [0.2, 0.25) is 0 Å². The highest BCUT2D eigenvalue weighted by molar-refractivity contribution is 6.80. The van der Waals surface area contributed by atoms with E-state index in [-0.39, 0.29) is 0 Å².